The lowest BCUT2D eigenvalue weighted by Crippen LogP contribution is -2.15. The normalized spacial score (nSPS) is 11.0. The van der Waals surface area contributed by atoms with Crippen LogP contribution in [0.3, 0.4) is 0 Å². The van der Waals surface area contributed by atoms with Gasteiger partial charge in [-0.2, -0.15) is 5.10 Å². The number of aryl methyl sites for hydroxylation is 1. The van der Waals surface area contributed by atoms with Crippen molar-refractivity contribution in [1.29, 1.82) is 0 Å². The van der Waals surface area contributed by atoms with Gasteiger partial charge in [0.05, 0.1) is 22.1 Å². The highest BCUT2D eigenvalue weighted by atomic mass is 35.5. The Balaban J connectivity index is 2.51. The van der Waals surface area contributed by atoms with Gasteiger partial charge in [0.1, 0.15) is 5.82 Å². The van der Waals surface area contributed by atoms with E-state index in [1.807, 2.05) is 20.8 Å². The Morgan fingerprint density at radius 1 is 1.37 bits per heavy atom. The second-order valence-corrected chi connectivity index (χ2v) is 4.83. The van der Waals surface area contributed by atoms with Crippen LogP contribution >= 0.6 is 11.6 Å². The van der Waals surface area contributed by atoms with Crippen molar-refractivity contribution >= 4 is 11.6 Å². The molecule has 2 aromatic rings. The summed E-state index contributed by atoms with van der Waals surface area (Å²) in [5.74, 6) is -0.246. The number of hydrogen-bond acceptors (Lipinski definition) is 2. The summed E-state index contributed by atoms with van der Waals surface area (Å²) in [5, 5.41) is 8.27. The molecule has 0 unspecified atom stereocenters. The van der Waals surface area contributed by atoms with Crippen molar-refractivity contribution in [3.05, 3.63) is 46.0 Å². The smallest absolute Gasteiger partial charge is 0.123 e. The number of nitrogens with one attached hydrogen (secondary N) is 1. The van der Waals surface area contributed by atoms with E-state index in [-0.39, 0.29) is 5.82 Å². The summed E-state index contributed by atoms with van der Waals surface area (Å²) in [5.41, 5.74) is 3.36. The van der Waals surface area contributed by atoms with E-state index in [0.717, 1.165) is 29.2 Å². The number of rotatable bonds is 4. The van der Waals surface area contributed by atoms with Crippen LogP contribution in [-0.2, 0) is 6.54 Å². The van der Waals surface area contributed by atoms with Gasteiger partial charge in [-0.3, -0.25) is 0 Å². The molecule has 1 N–H and O–H groups in total. The highest BCUT2D eigenvalue weighted by Gasteiger charge is 2.14. The van der Waals surface area contributed by atoms with E-state index in [1.54, 1.807) is 10.7 Å². The van der Waals surface area contributed by atoms with Crippen LogP contribution in [0.1, 0.15) is 23.9 Å². The first-order chi connectivity index (χ1) is 9.04. The van der Waals surface area contributed by atoms with Crippen molar-refractivity contribution in [2.75, 3.05) is 6.54 Å². The predicted octanol–water partition coefficient (Wildman–Crippen LogP) is 3.39. The quantitative estimate of drug-likeness (QED) is 0.931. The zero-order valence-corrected chi connectivity index (χ0v) is 12.1. The van der Waals surface area contributed by atoms with E-state index in [2.05, 4.69) is 10.4 Å². The van der Waals surface area contributed by atoms with Gasteiger partial charge in [-0.1, -0.05) is 18.5 Å². The van der Waals surface area contributed by atoms with Crippen LogP contribution < -0.4 is 5.32 Å². The number of benzene rings is 1. The fraction of sp³-hybridized carbons (Fsp3) is 0.357. The summed E-state index contributed by atoms with van der Waals surface area (Å²) in [6.07, 6.45) is 0. The van der Waals surface area contributed by atoms with Crippen LogP contribution in [0, 0.1) is 19.7 Å². The average Bonchev–Trinajstić information content (AvgIpc) is 2.64. The van der Waals surface area contributed by atoms with E-state index in [4.69, 9.17) is 11.6 Å². The molecule has 1 aromatic heterocycles. The van der Waals surface area contributed by atoms with Gasteiger partial charge < -0.3 is 5.32 Å². The van der Waals surface area contributed by atoms with Crippen molar-refractivity contribution in [2.45, 2.75) is 27.3 Å². The highest BCUT2D eigenvalue weighted by molar-refractivity contribution is 6.31. The average molecular weight is 282 g/mol. The van der Waals surface area contributed by atoms with Crippen molar-refractivity contribution in [3.8, 4) is 5.69 Å². The largest absolute Gasteiger partial charge is 0.313 e. The first kappa shape index (κ1) is 14.0. The highest BCUT2D eigenvalue weighted by Crippen LogP contribution is 2.24. The molecular formula is C14H17ClFN3. The second-order valence-electron chi connectivity index (χ2n) is 4.45. The third-order valence-electron chi connectivity index (χ3n) is 3.04. The molecular weight excluding hydrogens is 265 g/mol. The summed E-state index contributed by atoms with van der Waals surface area (Å²) in [7, 11) is 0. The summed E-state index contributed by atoms with van der Waals surface area (Å²) in [6, 6.07) is 4.70. The fourth-order valence-corrected chi connectivity index (χ4v) is 2.14. The lowest BCUT2D eigenvalue weighted by atomic mass is 10.1. The van der Waals surface area contributed by atoms with Crippen molar-refractivity contribution < 1.29 is 4.39 Å². The fourth-order valence-electron chi connectivity index (χ4n) is 2.02. The second kappa shape index (κ2) is 5.72. The first-order valence-corrected chi connectivity index (χ1v) is 6.63. The number of halogens is 2. The number of hydrogen-bond donors (Lipinski definition) is 1. The molecule has 102 valence electrons. The van der Waals surface area contributed by atoms with E-state index in [1.165, 1.54) is 12.1 Å². The van der Waals surface area contributed by atoms with Gasteiger partial charge in [-0.05, 0) is 44.2 Å². The lowest BCUT2D eigenvalue weighted by molar-refractivity contribution is 0.619. The van der Waals surface area contributed by atoms with E-state index >= 15 is 0 Å². The molecule has 2 rings (SSSR count). The zero-order chi connectivity index (χ0) is 14.0. The molecule has 0 aliphatic heterocycles. The Morgan fingerprint density at radius 3 is 2.68 bits per heavy atom. The summed E-state index contributed by atoms with van der Waals surface area (Å²) >= 11 is 6.16. The van der Waals surface area contributed by atoms with Crippen LogP contribution in [0.4, 0.5) is 4.39 Å². The summed E-state index contributed by atoms with van der Waals surface area (Å²) in [6.45, 7) is 7.20. The third kappa shape index (κ3) is 2.80. The van der Waals surface area contributed by atoms with Gasteiger partial charge in [-0.15, -0.1) is 0 Å². The predicted molar refractivity (Wildman–Crippen MR) is 75.4 cm³/mol. The molecule has 0 saturated heterocycles. The molecule has 0 aliphatic rings. The number of nitrogens with zero attached hydrogens (tertiary/aromatic N) is 2. The van der Waals surface area contributed by atoms with Crippen LogP contribution in [0.5, 0.6) is 0 Å². The third-order valence-corrected chi connectivity index (χ3v) is 3.59. The monoisotopic (exact) mass is 281 g/mol. The van der Waals surface area contributed by atoms with Crippen LogP contribution in [0.2, 0.25) is 5.02 Å². The van der Waals surface area contributed by atoms with Crippen LogP contribution in [0.25, 0.3) is 5.69 Å². The molecule has 5 heteroatoms. The summed E-state index contributed by atoms with van der Waals surface area (Å²) < 4.78 is 15.2. The minimum absolute atomic E-state index is 0.246. The van der Waals surface area contributed by atoms with Gasteiger partial charge in [0.15, 0.2) is 0 Å². The Hall–Kier alpha value is -1.39. The maximum absolute atomic E-state index is 13.4. The van der Waals surface area contributed by atoms with Gasteiger partial charge >= 0.3 is 0 Å². The maximum Gasteiger partial charge on any atom is 0.123 e. The van der Waals surface area contributed by atoms with Gasteiger partial charge in [0.25, 0.3) is 0 Å². The molecule has 0 fully saturated rings. The minimum atomic E-state index is -0.246. The Morgan fingerprint density at radius 2 is 2.11 bits per heavy atom. The molecule has 1 aromatic carbocycles. The van der Waals surface area contributed by atoms with Gasteiger partial charge in [0.2, 0.25) is 0 Å². The Kier molecular flexibility index (Phi) is 4.22. The lowest BCUT2D eigenvalue weighted by Gasteiger charge is -2.12. The molecule has 0 amide bonds. The molecule has 0 bridgehead atoms. The van der Waals surface area contributed by atoms with Crippen molar-refractivity contribution in [3.63, 3.8) is 0 Å². The molecule has 0 radical (unpaired) electrons. The maximum atomic E-state index is 13.4. The van der Waals surface area contributed by atoms with Crippen LogP contribution in [-0.4, -0.2) is 16.3 Å². The SMILES string of the molecule is CCNCc1cc(F)ccc1-n1nc(C)c(Cl)c1C. The summed E-state index contributed by atoms with van der Waals surface area (Å²) in [4.78, 5) is 0. The van der Waals surface area contributed by atoms with E-state index in [9.17, 15) is 4.39 Å². The molecule has 19 heavy (non-hydrogen) atoms. The van der Waals surface area contributed by atoms with E-state index < -0.39 is 0 Å². The molecule has 1 heterocycles. The molecule has 0 spiro atoms. The molecule has 0 atom stereocenters. The Bertz CT molecular complexity index is 593. The topological polar surface area (TPSA) is 29.9 Å². The van der Waals surface area contributed by atoms with Crippen molar-refractivity contribution in [1.82, 2.24) is 15.1 Å². The first-order valence-electron chi connectivity index (χ1n) is 6.25. The Labute approximate surface area is 117 Å². The van der Waals surface area contributed by atoms with Gasteiger partial charge in [0, 0.05) is 6.54 Å². The van der Waals surface area contributed by atoms with Crippen molar-refractivity contribution in [2.24, 2.45) is 0 Å². The minimum Gasteiger partial charge on any atom is -0.313 e. The number of aromatic nitrogens is 2. The molecule has 0 saturated carbocycles. The van der Waals surface area contributed by atoms with Gasteiger partial charge in [-0.25, -0.2) is 9.07 Å². The molecule has 0 aliphatic carbocycles. The van der Waals surface area contributed by atoms with Crippen LogP contribution in [0.15, 0.2) is 18.2 Å². The molecule has 3 nitrogen and oxygen atoms in total. The van der Waals surface area contributed by atoms with E-state index in [0.29, 0.717) is 11.6 Å². The zero-order valence-electron chi connectivity index (χ0n) is 11.3. The standard InChI is InChI=1S/C14H17ClFN3/c1-4-17-8-11-7-12(16)5-6-13(11)19-10(3)14(15)9(2)18-19/h5-7,17H,4,8H2,1-3H3.